The number of nitrogens with zero attached hydrogens (tertiary/aromatic N) is 4. The van der Waals surface area contributed by atoms with Crippen LogP contribution in [0.2, 0.25) is 0 Å². The van der Waals surface area contributed by atoms with Crippen molar-refractivity contribution in [2.24, 2.45) is 11.8 Å². The van der Waals surface area contributed by atoms with Gasteiger partial charge < -0.3 is 24.2 Å². The van der Waals surface area contributed by atoms with Crippen LogP contribution in [0.15, 0.2) is 60.7 Å². The molecule has 3 aliphatic rings. The summed E-state index contributed by atoms with van der Waals surface area (Å²) in [5.74, 6) is 0.201. The smallest absolute Gasteiger partial charge is 0.489 e. The number of hydrogen-bond donors (Lipinski definition) is 0. The minimum Gasteiger partial charge on any atom is -0.489 e. The van der Waals surface area contributed by atoms with E-state index in [1.165, 1.54) is 12.1 Å². The van der Waals surface area contributed by atoms with Crippen molar-refractivity contribution < 1.29 is 37.0 Å². The van der Waals surface area contributed by atoms with Gasteiger partial charge in [0.2, 0.25) is 18.2 Å². The van der Waals surface area contributed by atoms with Crippen molar-refractivity contribution >= 4 is 18.2 Å². The van der Waals surface area contributed by atoms with E-state index >= 15 is 0 Å². The first-order valence-electron chi connectivity index (χ1n) is 14.9. The maximum absolute atomic E-state index is 13.7. The average molecular weight is 615 g/mol. The Bertz CT molecular complexity index is 1350. The highest BCUT2D eigenvalue weighted by Gasteiger charge is 2.35. The number of alkyl halides is 3. The van der Waals surface area contributed by atoms with E-state index in [9.17, 15) is 27.6 Å². The Morgan fingerprint density at radius 1 is 1.00 bits per heavy atom. The lowest BCUT2D eigenvalue weighted by Gasteiger charge is -2.39. The largest absolute Gasteiger partial charge is 0.573 e. The molecule has 0 unspecified atom stereocenters. The van der Waals surface area contributed by atoms with Gasteiger partial charge in [-0.15, -0.1) is 13.2 Å². The Labute approximate surface area is 254 Å². The van der Waals surface area contributed by atoms with Crippen LogP contribution in [0, 0.1) is 11.8 Å². The molecule has 44 heavy (non-hydrogen) atoms. The van der Waals surface area contributed by atoms with E-state index in [0.717, 1.165) is 12.0 Å². The molecule has 2 bridgehead atoms. The second-order valence-electron chi connectivity index (χ2n) is 11.4. The minimum absolute atomic E-state index is 0.0181. The van der Waals surface area contributed by atoms with Gasteiger partial charge in [-0.1, -0.05) is 48.6 Å². The number of halogens is 3. The van der Waals surface area contributed by atoms with Gasteiger partial charge in [0.25, 0.3) is 0 Å². The minimum atomic E-state index is -4.84. The number of carbonyl (C=O) groups excluding carboxylic acids is 3. The lowest BCUT2D eigenvalue weighted by atomic mass is 9.82. The second-order valence-corrected chi connectivity index (χ2v) is 11.4. The monoisotopic (exact) mass is 614 g/mol. The number of para-hydroxylation sites is 2. The molecule has 0 N–H and O–H groups in total. The number of ether oxygens (including phenoxy) is 2. The number of benzene rings is 2. The number of piperidine rings is 1. The molecule has 0 saturated carbocycles. The van der Waals surface area contributed by atoms with E-state index in [0.29, 0.717) is 63.4 Å². The summed E-state index contributed by atoms with van der Waals surface area (Å²) >= 11 is 0. The van der Waals surface area contributed by atoms with Gasteiger partial charge in [0.05, 0.1) is 6.54 Å². The summed E-state index contributed by atoms with van der Waals surface area (Å²) < 4.78 is 49.8. The Hall–Kier alpha value is -4.06. The highest BCUT2D eigenvalue weighted by Crippen LogP contribution is 2.31. The number of carbonyl (C=O) groups is 3. The maximum atomic E-state index is 13.7. The fraction of sp³-hybridized carbons (Fsp3) is 0.469. The Morgan fingerprint density at radius 3 is 2.52 bits per heavy atom. The second kappa shape index (κ2) is 14.1. The van der Waals surface area contributed by atoms with Gasteiger partial charge in [0, 0.05) is 69.9 Å². The van der Waals surface area contributed by atoms with E-state index < -0.39 is 6.36 Å². The van der Waals surface area contributed by atoms with Crippen LogP contribution < -0.4 is 9.47 Å². The number of fused-ring (bicyclic) bond motifs is 3. The molecule has 236 valence electrons. The molecular formula is C32H37F3N4O5. The van der Waals surface area contributed by atoms with Gasteiger partial charge in [0.1, 0.15) is 18.1 Å². The van der Waals surface area contributed by atoms with Crippen LogP contribution in [0.25, 0.3) is 0 Å². The van der Waals surface area contributed by atoms with E-state index in [-0.39, 0.29) is 55.6 Å². The average Bonchev–Trinajstić information content (AvgIpc) is 3.01. The van der Waals surface area contributed by atoms with Gasteiger partial charge in [0.15, 0.2) is 0 Å². The molecule has 0 spiro atoms. The zero-order valence-corrected chi connectivity index (χ0v) is 24.5. The quantitative estimate of drug-likeness (QED) is 0.365. The van der Waals surface area contributed by atoms with Crippen molar-refractivity contribution in [1.29, 1.82) is 0 Å². The van der Waals surface area contributed by atoms with E-state index in [2.05, 4.69) is 4.74 Å². The van der Waals surface area contributed by atoms with Gasteiger partial charge in [-0.3, -0.25) is 19.3 Å². The van der Waals surface area contributed by atoms with Crippen LogP contribution >= 0.6 is 0 Å². The third-order valence-electron chi connectivity index (χ3n) is 8.45. The van der Waals surface area contributed by atoms with Crippen molar-refractivity contribution in [3.63, 3.8) is 0 Å². The number of amides is 3. The van der Waals surface area contributed by atoms with Crippen LogP contribution in [0.4, 0.5) is 13.2 Å². The van der Waals surface area contributed by atoms with E-state index in [1.54, 1.807) is 31.7 Å². The predicted octanol–water partition coefficient (Wildman–Crippen LogP) is 3.69. The molecule has 9 nitrogen and oxygen atoms in total. The Kier molecular flexibility index (Phi) is 10.1. The number of hydrogen-bond acceptors (Lipinski definition) is 6. The zero-order valence-electron chi connectivity index (χ0n) is 24.5. The Balaban J connectivity index is 1.34. The standard InChI is InChI=1S/C32H37F3N4O5/c33-32(34,35)44-29-10-4-2-7-27(29)20-37-19-26-6-1-3-9-28(26)43-17-5-8-25-21-39(31(42)22-37)12-11-24(25)18-30(41)38-15-13-36(23-40)14-16-38/h1-10,23-25H,11-22H2/t24-,25-/m0/s1. The van der Waals surface area contributed by atoms with Crippen molar-refractivity contribution in [3.8, 4) is 11.5 Å². The Morgan fingerprint density at radius 2 is 1.75 bits per heavy atom. The molecule has 2 aromatic carbocycles. The molecule has 12 heteroatoms. The predicted molar refractivity (Wildman–Crippen MR) is 155 cm³/mol. The van der Waals surface area contributed by atoms with E-state index in [4.69, 9.17) is 4.74 Å². The molecule has 3 amide bonds. The molecule has 2 aromatic rings. The summed E-state index contributed by atoms with van der Waals surface area (Å²) in [6.45, 7) is 3.57. The van der Waals surface area contributed by atoms with Crippen LogP contribution in [0.5, 0.6) is 11.5 Å². The maximum Gasteiger partial charge on any atom is 0.573 e. The summed E-state index contributed by atoms with van der Waals surface area (Å²) in [6, 6.07) is 13.4. The summed E-state index contributed by atoms with van der Waals surface area (Å²) in [6.07, 6.45) is 0.919. The first-order chi connectivity index (χ1) is 21.2. The van der Waals surface area contributed by atoms with Crippen molar-refractivity contribution in [3.05, 3.63) is 71.8 Å². The topological polar surface area (TPSA) is 82.6 Å². The fourth-order valence-corrected chi connectivity index (χ4v) is 6.10. The third-order valence-corrected chi connectivity index (χ3v) is 8.45. The molecule has 0 radical (unpaired) electrons. The molecule has 2 atom stereocenters. The van der Waals surface area contributed by atoms with Crippen LogP contribution in [0.3, 0.4) is 0 Å². The van der Waals surface area contributed by atoms with Gasteiger partial charge in [-0.05, 0) is 30.4 Å². The van der Waals surface area contributed by atoms with Crippen LogP contribution in [0.1, 0.15) is 24.0 Å². The van der Waals surface area contributed by atoms with Crippen molar-refractivity contribution in [2.45, 2.75) is 32.3 Å². The van der Waals surface area contributed by atoms with Crippen molar-refractivity contribution in [2.75, 3.05) is 52.4 Å². The summed E-state index contributed by atoms with van der Waals surface area (Å²) in [7, 11) is 0. The molecule has 0 aromatic heterocycles. The number of piperazine rings is 1. The molecule has 2 fully saturated rings. The third kappa shape index (κ3) is 8.31. The lowest BCUT2D eigenvalue weighted by Crippen LogP contribution is -2.50. The molecule has 3 aliphatic heterocycles. The zero-order chi connectivity index (χ0) is 31.1. The molecular weight excluding hydrogens is 577 g/mol. The highest BCUT2D eigenvalue weighted by molar-refractivity contribution is 5.79. The molecule has 0 aliphatic carbocycles. The summed E-state index contributed by atoms with van der Waals surface area (Å²) in [5, 5.41) is 0. The molecule has 5 rings (SSSR count). The van der Waals surface area contributed by atoms with Gasteiger partial charge >= 0.3 is 6.36 Å². The van der Waals surface area contributed by atoms with Crippen LogP contribution in [-0.4, -0.2) is 96.6 Å². The molecule has 3 heterocycles. The lowest BCUT2D eigenvalue weighted by molar-refractivity contribution is -0.275. The van der Waals surface area contributed by atoms with Gasteiger partial charge in [-0.2, -0.15) is 0 Å². The van der Waals surface area contributed by atoms with E-state index in [1.807, 2.05) is 36.4 Å². The number of rotatable bonds is 6. The fourth-order valence-electron chi connectivity index (χ4n) is 6.10. The first-order valence-corrected chi connectivity index (χ1v) is 14.9. The SMILES string of the molecule is O=CN1CCN(C(=O)C[C@@H]2CCN3C[C@@H]2C=CCOc2ccccc2CN(Cc2ccccc2OC(F)(F)F)CC3=O)CC1. The normalized spacial score (nSPS) is 21.8. The first kappa shape index (κ1) is 31.4. The van der Waals surface area contributed by atoms with Crippen LogP contribution in [-0.2, 0) is 27.5 Å². The molecule has 2 saturated heterocycles. The summed E-state index contributed by atoms with van der Waals surface area (Å²) in [5.41, 5.74) is 1.12. The highest BCUT2D eigenvalue weighted by atomic mass is 19.4. The summed E-state index contributed by atoms with van der Waals surface area (Å²) in [4.78, 5) is 45.0. The van der Waals surface area contributed by atoms with Gasteiger partial charge in [-0.25, -0.2) is 0 Å². The van der Waals surface area contributed by atoms with Crippen molar-refractivity contribution in [1.82, 2.24) is 19.6 Å².